The van der Waals surface area contributed by atoms with Crippen LogP contribution in [0, 0.1) is 0 Å². The molecule has 5 nitrogen and oxygen atoms in total. The highest BCUT2D eigenvalue weighted by atomic mass is 16.4. The van der Waals surface area contributed by atoms with Crippen molar-refractivity contribution in [2.75, 3.05) is 0 Å². The van der Waals surface area contributed by atoms with E-state index < -0.39 is 6.09 Å². The highest BCUT2D eigenvalue weighted by molar-refractivity contribution is 5.79. The lowest BCUT2D eigenvalue weighted by molar-refractivity contribution is 0.194. The number of aromatic amines is 1. The van der Waals surface area contributed by atoms with E-state index in [-0.39, 0.29) is 0 Å². The maximum absolute atomic E-state index is 10.3. The van der Waals surface area contributed by atoms with Gasteiger partial charge < -0.3 is 15.4 Å². The maximum atomic E-state index is 10.3. The van der Waals surface area contributed by atoms with E-state index in [1.807, 2.05) is 12.1 Å². The molecule has 0 aliphatic carbocycles. The number of aromatic nitrogens is 2. The molecule has 2 heterocycles. The van der Waals surface area contributed by atoms with Crippen LogP contribution >= 0.6 is 0 Å². The molecule has 0 spiro atoms. The van der Waals surface area contributed by atoms with Crippen molar-refractivity contribution in [3.8, 4) is 0 Å². The van der Waals surface area contributed by atoms with Crippen LogP contribution in [0.1, 0.15) is 5.56 Å². The molecule has 0 aromatic carbocycles. The molecular weight excluding hydrogens is 182 g/mol. The van der Waals surface area contributed by atoms with Gasteiger partial charge in [0.2, 0.25) is 0 Å². The third-order valence-electron chi connectivity index (χ3n) is 1.97. The van der Waals surface area contributed by atoms with Gasteiger partial charge in [-0.15, -0.1) is 0 Å². The van der Waals surface area contributed by atoms with Gasteiger partial charge in [0, 0.05) is 24.3 Å². The molecule has 0 atom stereocenters. The zero-order valence-electron chi connectivity index (χ0n) is 7.32. The molecule has 0 aliphatic heterocycles. The second kappa shape index (κ2) is 3.37. The fourth-order valence-corrected chi connectivity index (χ4v) is 1.33. The summed E-state index contributed by atoms with van der Waals surface area (Å²) in [4.78, 5) is 17.4. The van der Waals surface area contributed by atoms with E-state index in [9.17, 15) is 4.79 Å². The first kappa shape index (κ1) is 8.55. The SMILES string of the molecule is O=C(O)NCc1c[nH]c2ncccc12. The number of H-pyrrole nitrogens is 1. The van der Waals surface area contributed by atoms with Gasteiger partial charge >= 0.3 is 6.09 Å². The number of carbonyl (C=O) groups is 1. The molecule has 0 unspecified atom stereocenters. The van der Waals surface area contributed by atoms with E-state index >= 15 is 0 Å². The van der Waals surface area contributed by atoms with E-state index in [1.54, 1.807) is 12.4 Å². The Hall–Kier alpha value is -2.04. The van der Waals surface area contributed by atoms with Crippen molar-refractivity contribution in [2.24, 2.45) is 0 Å². The molecule has 0 saturated heterocycles. The zero-order chi connectivity index (χ0) is 9.97. The minimum absolute atomic E-state index is 0.293. The first-order valence-electron chi connectivity index (χ1n) is 4.15. The summed E-state index contributed by atoms with van der Waals surface area (Å²) in [6.45, 7) is 0.293. The summed E-state index contributed by atoms with van der Waals surface area (Å²) < 4.78 is 0. The smallest absolute Gasteiger partial charge is 0.404 e. The van der Waals surface area contributed by atoms with Crippen molar-refractivity contribution < 1.29 is 9.90 Å². The molecule has 14 heavy (non-hydrogen) atoms. The van der Waals surface area contributed by atoms with E-state index in [0.717, 1.165) is 16.6 Å². The number of fused-ring (bicyclic) bond motifs is 1. The second-order valence-electron chi connectivity index (χ2n) is 2.87. The minimum Gasteiger partial charge on any atom is -0.465 e. The topological polar surface area (TPSA) is 78.0 Å². The number of hydrogen-bond acceptors (Lipinski definition) is 2. The Morgan fingerprint density at radius 1 is 1.64 bits per heavy atom. The van der Waals surface area contributed by atoms with Crippen LogP contribution in [0.25, 0.3) is 11.0 Å². The Kier molecular flexibility index (Phi) is 2.06. The Balaban J connectivity index is 2.29. The average Bonchev–Trinajstić information content (AvgIpc) is 2.58. The molecule has 1 amide bonds. The van der Waals surface area contributed by atoms with Crippen molar-refractivity contribution in [1.82, 2.24) is 15.3 Å². The van der Waals surface area contributed by atoms with Crippen molar-refractivity contribution >= 4 is 17.1 Å². The number of amides is 1. The third kappa shape index (κ3) is 1.52. The van der Waals surface area contributed by atoms with E-state index in [4.69, 9.17) is 5.11 Å². The molecular formula is C9H9N3O2. The van der Waals surface area contributed by atoms with Crippen LogP contribution < -0.4 is 5.32 Å². The summed E-state index contributed by atoms with van der Waals surface area (Å²) in [5, 5.41) is 11.7. The summed E-state index contributed by atoms with van der Waals surface area (Å²) in [6.07, 6.45) is 2.42. The van der Waals surface area contributed by atoms with E-state index in [0.29, 0.717) is 6.54 Å². The summed E-state index contributed by atoms with van der Waals surface area (Å²) in [5.74, 6) is 0. The van der Waals surface area contributed by atoms with Gasteiger partial charge in [-0.3, -0.25) is 0 Å². The molecule has 2 aromatic rings. The largest absolute Gasteiger partial charge is 0.465 e. The van der Waals surface area contributed by atoms with Crippen LogP contribution in [0.5, 0.6) is 0 Å². The number of nitrogens with one attached hydrogen (secondary N) is 2. The van der Waals surface area contributed by atoms with Gasteiger partial charge in [-0.1, -0.05) is 0 Å². The third-order valence-corrected chi connectivity index (χ3v) is 1.97. The van der Waals surface area contributed by atoms with Gasteiger partial charge in [-0.25, -0.2) is 9.78 Å². The fourth-order valence-electron chi connectivity index (χ4n) is 1.33. The molecule has 0 aliphatic rings. The molecule has 5 heteroatoms. The van der Waals surface area contributed by atoms with Gasteiger partial charge in [-0.2, -0.15) is 0 Å². The summed E-state index contributed by atoms with van der Waals surface area (Å²) in [6, 6.07) is 3.72. The Bertz CT molecular complexity index is 464. The predicted molar refractivity (Wildman–Crippen MR) is 51.0 cm³/mol. The van der Waals surface area contributed by atoms with Crippen molar-refractivity contribution in [2.45, 2.75) is 6.54 Å². The molecule has 2 rings (SSSR count). The van der Waals surface area contributed by atoms with Gasteiger partial charge in [0.1, 0.15) is 5.65 Å². The van der Waals surface area contributed by atoms with Gasteiger partial charge in [0.15, 0.2) is 0 Å². The second-order valence-corrected chi connectivity index (χ2v) is 2.87. The standard InChI is InChI=1S/C9H9N3O2/c13-9(14)12-5-6-4-11-8-7(6)2-1-3-10-8/h1-4,12H,5H2,(H,10,11)(H,13,14). The highest BCUT2D eigenvalue weighted by Crippen LogP contribution is 2.14. The number of rotatable bonds is 2. The summed E-state index contributed by atoms with van der Waals surface area (Å²) >= 11 is 0. The molecule has 0 saturated carbocycles. The van der Waals surface area contributed by atoms with Crippen LogP contribution in [0.15, 0.2) is 24.5 Å². The Labute approximate surface area is 79.8 Å². The Morgan fingerprint density at radius 2 is 2.50 bits per heavy atom. The van der Waals surface area contributed by atoms with E-state index in [1.165, 1.54) is 0 Å². The Morgan fingerprint density at radius 3 is 3.29 bits per heavy atom. The van der Waals surface area contributed by atoms with Crippen LogP contribution in [-0.4, -0.2) is 21.2 Å². The molecule has 0 fully saturated rings. The molecule has 3 N–H and O–H groups in total. The normalized spacial score (nSPS) is 10.3. The number of nitrogens with zero attached hydrogens (tertiary/aromatic N) is 1. The monoisotopic (exact) mass is 191 g/mol. The summed E-state index contributed by atoms with van der Waals surface area (Å²) in [7, 11) is 0. The van der Waals surface area contributed by atoms with Crippen molar-refractivity contribution in [3.05, 3.63) is 30.1 Å². The minimum atomic E-state index is -1.02. The fraction of sp³-hybridized carbons (Fsp3) is 0.111. The number of hydrogen-bond donors (Lipinski definition) is 3. The molecule has 2 aromatic heterocycles. The molecule has 0 radical (unpaired) electrons. The van der Waals surface area contributed by atoms with E-state index in [2.05, 4.69) is 15.3 Å². The summed E-state index contributed by atoms with van der Waals surface area (Å²) in [5.41, 5.74) is 1.67. The lowest BCUT2D eigenvalue weighted by Gasteiger charge is -1.97. The van der Waals surface area contributed by atoms with Crippen LogP contribution in [0.2, 0.25) is 0 Å². The van der Waals surface area contributed by atoms with Crippen molar-refractivity contribution in [3.63, 3.8) is 0 Å². The lowest BCUT2D eigenvalue weighted by atomic mass is 10.2. The van der Waals surface area contributed by atoms with Gasteiger partial charge in [-0.05, 0) is 17.7 Å². The number of pyridine rings is 1. The quantitative estimate of drug-likeness (QED) is 0.670. The van der Waals surface area contributed by atoms with Crippen molar-refractivity contribution in [1.29, 1.82) is 0 Å². The predicted octanol–water partition coefficient (Wildman–Crippen LogP) is 1.33. The van der Waals surface area contributed by atoms with Gasteiger partial charge in [0.05, 0.1) is 0 Å². The molecule has 0 bridgehead atoms. The first-order chi connectivity index (χ1) is 6.77. The zero-order valence-corrected chi connectivity index (χ0v) is 7.32. The van der Waals surface area contributed by atoms with Crippen LogP contribution in [-0.2, 0) is 6.54 Å². The van der Waals surface area contributed by atoms with Crippen LogP contribution in [0.4, 0.5) is 4.79 Å². The lowest BCUT2D eigenvalue weighted by Crippen LogP contribution is -2.19. The number of carboxylic acid groups (broad SMARTS) is 1. The maximum Gasteiger partial charge on any atom is 0.404 e. The average molecular weight is 191 g/mol. The first-order valence-corrected chi connectivity index (χ1v) is 4.15. The van der Waals surface area contributed by atoms with Crippen LogP contribution in [0.3, 0.4) is 0 Å². The van der Waals surface area contributed by atoms with Gasteiger partial charge in [0.25, 0.3) is 0 Å². The molecule has 72 valence electrons. The highest BCUT2D eigenvalue weighted by Gasteiger charge is 2.04.